The van der Waals surface area contributed by atoms with E-state index in [0.29, 0.717) is 6.04 Å². The predicted octanol–water partition coefficient (Wildman–Crippen LogP) is 1.81. The molecule has 1 aromatic rings. The number of nitrogens with zero attached hydrogens (tertiary/aromatic N) is 2. The molecule has 1 aliphatic rings. The maximum absolute atomic E-state index is 9.64. The zero-order valence-electron chi connectivity index (χ0n) is 10.7. The third-order valence-corrected chi connectivity index (χ3v) is 4.63. The van der Waals surface area contributed by atoms with Crippen LogP contribution in [0.2, 0.25) is 0 Å². The van der Waals surface area contributed by atoms with E-state index in [-0.39, 0.29) is 12.6 Å². The van der Waals surface area contributed by atoms with Crippen LogP contribution in [0.25, 0.3) is 0 Å². The van der Waals surface area contributed by atoms with E-state index in [2.05, 4.69) is 41.2 Å². The van der Waals surface area contributed by atoms with Gasteiger partial charge in [-0.05, 0) is 24.9 Å². The quantitative estimate of drug-likeness (QED) is 0.887. The second-order valence-corrected chi connectivity index (χ2v) is 5.67. The fourth-order valence-electron chi connectivity index (χ4n) is 2.64. The average molecular weight is 254 g/mol. The second kappa shape index (κ2) is 5.96. The van der Waals surface area contributed by atoms with Gasteiger partial charge in [0.1, 0.15) is 0 Å². The molecule has 0 spiro atoms. The third-order valence-electron chi connectivity index (χ3n) is 3.66. The molecule has 1 N–H and O–H groups in total. The van der Waals surface area contributed by atoms with E-state index in [9.17, 15) is 5.11 Å². The predicted molar refractivity (Wildman–Crippen MR) is 72.4 cm³/mol. The highest BCUT2D eigenvalue weighted by molar-refractivity contribution is 7.10. The summed E-state index contributed by atoms with van der Waals surface area (Å²) in [6.07, 6.45) is 0. The first-order chi connectivity index (χ1) is 8.26. The smallest absolute Gasteiger partial charge is 0.0677 e. The van der Waals surface area contributed by atoms with Crippen molar-refractivity contribution in [3.63, 3.8) is 0 Å². The number of hydrogen-bond donors (Lipinski definition) is 1. The summed E-state index contributed by atoms with van der Waals surface area (Å²) in [4.78, 5) is 6.20. The summed E-state index contributed by atoms with van der Waals surface area (Å²) in [5.74, 6) is 0. The third kappa shape index (κ3) is 2.88. The summed E-state index contributed by atoms with van der Waals surface area (Å²) in [6.45, 7) is 9.10. The zero-order valence-corrected chi connectivity index (χ0v) is 11.5. The number of likely N-dealkylation sites (N-methyl/N-ethyl adjacent to an activating group) is 1. The molecule has 1 aliphatic heterocycles. The van der Waals surface area contributed by atoms with Crippen molar-refractivity contribution in [3.05, 3.63) is 22.4 Å². The SMILES string of the molecule is CCN1CCN(C(CO)c2cccs2)C(C)C1. The minimum atomic E-state index is 0.184. The van der Waals surface area contributed by atoms with Crippen LogP contribution in [0.4, 0.5) is 0 Å². The molecule has 0 bridgehead atoms. The Bertz CT molecular complexity index is 328. The van der Waals surface area contributed by atoms with E-state index in [4.69, 9.17) is 0 Å². The Morgan fingerprint density at radius 1 is 1.53 bits per heavy atom. The van der Waals surface area contributed by atoms with E-state index < -0.39 is 0 Å². The molecule has 3 nitrogen and oxygen atoms in total. The lowest BCUT2D eigenvalue weighted by molar-refractivity contribution is 0.0284. The maximum atomic E-state index is 9.64. The highest BCUT2D eigenvalue weighted by Gasteiger charge is 2.29. The van der Waals surface area contributed by atoms with Crippen molar-refractivity contribution in [1.82, 2.24) is 9.80 Å². The Hall–Kier alpha value is -0.420. The Morgan fingerprint density at radius 3 is 2.88 bits per heavy atom. The number of aliphatic hydroxyl groups excluding tert-OH is 1. The molecule has 1 aromatic heterocycles. The normalized spacial score (nSPS) is 25.0. The lowest BCUT2D eigenvalue weighted by atomic mass is 10.1. The molecule has 0 radical (unpaired) electrons. The van der Waals surface area contributed by atoms with Gasteiger partial charge in [-0.3, -0.25) is 4.90 Å². The molecular formula is C13H22N2OS. The largest absolute Gasteiger partial charge is 0.394 e. The average Bonchev–Trinajstić information content (AvgIpc) is 2.85. The van der Waals surface area contributed by atoms with Crippen LogP contribution in [0.1, 0.15) is 24.8 Å². The van der Waals surface area contributed by atoms with Crippen LogP contribution >= 0.6 is 11.3 Å². The van der Waals surface area contributed by atoms with Gasteiger partial charge in [-0.15, -0.1) is 11.3 Å². The van der Waals surface area contributed by atoms with Crippen molar-refractivity contribution in [2.24, 2.45) is 0 Å². The van der Waals surface area contributed by atoms with Gasteiger partial charge >= 0.3 is 0 Å². The highest BCUT2D eigenvalue weighted by Crippen LogP contribution is 2.28. The lowest BCUT2D eigenvalue weighted by Gasteiger charge is -2.43. The van der Waals surface area contributed by atoms with Gasteiger partial charge in [-0.25, -0.2) is 0 Å². The Morgan fingerprint density at radius 2 is 2.35 bits per heavy atom. The molecule has 2 unspecified atom stereocenters. The van der Waals surface area contributed by atoms with E-state index >= 15 is 0 Å². The zero-order chi connectivity index (χ0) is 12.3. The minimum absolute atomic E-state index is 0.184. The van der Waals surface area contributed by atoms with Crippen LogP contribution < -0.4 is 0 Å². The van der Waals surface area contributed by atoms with Crippen LogP contribution in [-0.2, 0) is 0 Å². The molecule has 1 saturated heterocycles. The van der Waals surface area contributed by atoms with Gasteiger partial charge < -0.3 is 10.0 Å². The number of rotatable bonds is 4. The maximum Gasteiger partial charge on any atom is 0.0677 e. The summed E-state index contributed by atoms with van der Waals surface area (Å²) in [6, 6.07) is 4.90. The summed E-state index contributed by atoms with van der Waals surface area (Å²) < 4.78 is 0. The standard InChI is InChI=1S/C13H22N2OS/c1-3-14-6-7-15(11(2)9-14)12(10-16)13-5-4-8-17-13/h4-5,8,11-12,16H,3,6-7,9-10H2,1-2H3. The number of aliphatic hydroxyl groups is 1. The lowest BCUT2D eigenvalue weighted by Crippen LogP contribution is -2.53. The van der Waals surface area contributed by atoms with Gasteiger partial charge in [0.2, 0.25) is 0 Å². The van der Waals surface area contributed by atoms with Gasteiger partial charge in [0.15, 0.2) is 0 Å². The summed E-state index contributed by atoms with van der Waals surface area (Å²) >= 11 is 1.74. The van der Waals surface area contributed by atoms with Gasteiger partial charge in [-0.1, -0.05) is 13.0 Å². The van der Waals surface area contributed by atoms with Crippen molar-refractivity contribution < 1.29 is 5.11 Å². The van der Waals surface area contributed by atoms with Crippen LogP contribution in [0.3, 0.4) is 0 Å². The van der Waals surface area contributed by atoms with Crippen molar-refractivity contribution in [2.45, 2.75) is 25.9 Å². The molecular weight excluding hydrogens is 232 g/mol. The van der Waals surface area contributed by atoms with Crippen LogP contribution in [-0.4, -0.2) is 53.7 Å². The molecule has 96 valence electrons. The van der Waals surface area contributed by atoms with Crippen LogP contribution in [0, 0.1) is 0 Å². The van der Waals surface area contributed by atoms with Crippen LogP contribution in [0.15, 0.2) is 17.5 Å². The van der Waals surface area contributed by atoms with Gasteiger partial charge in [0.25, 0.3) is 0 Å². The van der Waals surface area contributed by atoms with Crippen molar-refractivity contribution in [1.29, 1.82) is 0 Å². The van der Waals surface area contributed by atoms with E-state index in [0.717, 1.165) is 26.2 Å². The Labute approximate surface area is 108 Å². The molecule has 0 amide bonds. The number of piperazine rings is 1. The van der Waals surface area contributed by atoms with Crippen molar-refractivity contribution >= 4 is 11.3 Å². The Balaban J connectivity index is 2.06. The van der Waals surface area contributed by atoms with Crippen molar-refractivity contribution in [3.8, 4) is 0 Å². The summed E-state index contributed by atoms with van der Waals surface area (Å²) in [5, 5.41) is 11.7. The van der Waals surface area contributed by atoms with E-state index in [1.54, 1.807) is 11.3 Å². The number of thiophene rings is 1. The topological polar surface area (TPSA) is 26.7 Å². The second-order valence-electron chi connectivity index (χ2n) is 4.69. The molecule has 0 aliphatic carbocycles. The fraction of sp³-hybridized carbons (Fsp3) is 0.692. The highest BCUT2D eigenvalue weighted by atomic mass is 32.1. The van der Waals surface area contributed by atoms with Gasteiger partial charge in [0, 0.05) is 30.6 Å². The first-order valence-corrected chi connectivity index (χ1v) is 7.26. The molecule has 0 saturated carbocycles. The molecule has 0 aromatic carbocycles. The monoisotopic (exact) mass is 254 g/mol. The van der Waals surface area contributed by atoms with Gasteiger partial charge in [-0.2, -0.15) is 0 Å². The molecule has 2 rings (SSSR count). The number of hydrogen-bond acceptors (Lipinski definition) is 4. The molecule has 2 heterocycles. The minimum Gasteiger partial charge on any atom is -0.394 e. The van der Waals surface area contributed by atoms with E-state index in [1.807, 2.05) is 0 Å². The van der Waals surface area contributed by atoms with E-state index in [1.165, 1.54) is 4.88 Å². The summed E-state index contributed by atoms with van der Waals surface area (Å²) in [5.41, 5.74) is 0. The Kier molecular flexibility index (Phi) is 4.56. The first kappa shape index (κ1) is 13.0. The summed E-state index contributed by atoms with van der Waals surface area (Å²) in [7, 11) is 0. The van der Waals surface area contributed by atoms with Crippen molar-refractivity contribution in [2.75, 3.05) is 32.8 Å². The molecule has 1 fully saturated rings. The molecule has 2 atom stereocenters. The molecule has 17 heavy (non-hydrogen) atoms. The van der Waals surface area contributed by atoms with Gasteiger partial charge in [0.05, 0.1) is 12.6 Å². The van der Waals surface area contributed by atoms with Crippen LogP contribution in [0.5, 0.6) is 0 Å². The molecule has 4 heteroatoms. The fourth-order valence-corrected chi connectivity index (χ4v) is 3.47. The first-order valence-electron chi connectivity index (χ1n) is 6.38.